The minimum absolute atomic E-state index is 0.0139. The van der Waals surface area contributed by atoms with E-state index in [1.807, 2.05) is 30.3 Å². The van der Waals surface area contributed by atoms with Gasteiger partial charge in [0.25, 0.3) is 0 Å². The van der Waals surface area contributed by atoms with Gasteiger partial charge >= 0.3 is 0 Å². The fraction of sp³-hybridized carbons (Fsp3) is 0.444. The zero-order valence-electron chi connectivity index (χ0n) is 13.0. The molecule has 1 saturated heterocycles. The van der Waals surface area contributed by atoms with E-state index in [-0.39, 0.29) is 11.7 Å². The van der Waals surface area contributed by atoms with Crippen LogP contribution in [0.3, 0.4) is 0 Å². The molecule has 1 aliphatic rings. The lowest BCUT2D eigenvalue weighted by molar-refractivity contribution is 0.0885. The molecular formula is C18H22N2O2. The molecule has 116 valence electrons. The zero-order valence-corrected chi connectivity index (χ0v) is 13.0. The average Bonchev–Trinajstić information content (AvgIpc) is 3.24. The van der Waals surface area contributed by atoms with E-state index < -0.39 is 0 Å². The highest BCUT2D eigenvalue weighted by Crippen LogP contribution is 2.26. The monoisotopic (exact) mass is 298 g/mol. The second kappa shape index (κ2) is 6.88. The Bertz CT molecular complexity index is 615. The van der Waals surface area contributed by atoms with Gasteiger partial charge in [0.15, 0.2) is 5.78 Å². The Morgan fingerprint density at radius 1 is 1.27 bits per heavy atom. The second-order valence-corrected chi connectivity index (χ2v) is 5.92. The molecule has 0 saturated carbocycles. The van der Waals surface area contributed by atoms with E-state index in [4.69, 9.17) is 4.52 Å². The van der Waals surface area contributed by atoms with Crippen molar-refractivity contribution in [3.05, 3.63) is 42.2 Å². The van der Waals surface area contributed by atoms with Crippen molar-refractivity contribution >= 4 is 5.78 Å². The van der Waals surface area contributed by atoms with Gasteiger partial charge in [0, 0.05) is 18.0 Å². The Labute approximate surface area is 131 Å². The number of aromatic nitrogens is 1. The summed E-state index contributed by atoms with van der Waals surface area (Å²) in [7, 11) is 0. The van der Waals surface area contributed by atoms with Gasteiger partial charge in [0.1, 0.15) is 12.0 Å². The molecule has 1 aliphatic heterocycles. The quantitative estimate of drug-likeness (QED) is 0.764. The summed E-state index contributed by atoms with van der Waals surface area (Å²) in [6.45, 7) is 5.14. The number of hydrogen-bond donors (Lipinski definition) is 0. The summed E-state index contributed by atoms with van der Waals surface area (Å²) in [5.74, 6) is 0.162. The zero-order chi connectivity index (χ0) is 15.4. The van der Waals surface area contributed by atoms with Crippen LogP contribution in [0.4, 0.5) is 0 Å². The Morgan fingerprint density at radius 2 is 2.00 bits per heavy atom. The van der Waals surface area contributed by atoms with Crippen molar-refractivity contribution in [3.63, 3.8) is 0 Å². The number of likely N-dealkylation sites (tertiary alicyclic amines) is 1. The molecule has 4 nitrogen and oxygen atoms in total. The van der Waals surface area contributed by atoms with Gasteiger partial charge in [-0.1, -0.05) is 42.4 Å². The Balaban J connectivity index is 1.80. The predicted octanol–water partition coefficient (Wildman–Crippen LogP) is 3.65. The fourth-order valence-corrected chi connectivity index (χ4v) is 3.11. The van der Waals surface area contributed by atoms with Crippen molar-refractivity contribution in [2.24, 2.45) is 5.92 Å². The summed E-state index contributed by atoms with van der Waals surface area (Å²) in [4.78, 5) is 15.3. The summed E-state index contributed by atoms with van der Waals surface area (Å²) >= 11 is 0. The van der Waals surface area contributed by atoms with Crippen LogP contribution in [0.2, 0.25) is 0 Å². The SMILES string of the molecule is CCC(CN1CCCC1)C(=O)c1conc1-c1ccccc1. The lowest BCUT2D eigenvalue weighted by Gasteiger charge is -2.21. The number of Topliss-reactive ketones (excluding diaryl/α,β-unsaturated/α-hetero) is 1. The number of benzene rings is 1. The van der Waals surface area contributed by atoms with E-state index in [0.29, 0.717) is 11.3 Å². The minimum Gasteiger partial charge on any atom is -0.363 e. The van der Waals surface area contributed by atoms with Crippen LogP contribution in [-0.2, 0) is 0 Å². The summed E-state index contributed by atoms with van der Waals surface area (Å²) in [5, 5.41) is 4.05. The van der Waals surface area contributed by atoms with Crippen LogP contribution in [-0.4, -0.2) is 35.5 Å². The summed E-state index contributed by atoms with van der Waals surface area (Å²) in [6, 6.07) is 9.75. The molecule has 0 amide bonds. The van der Waals surface area contributed by atoms with Crippen LogP contribution in [0.15, 0.2) is 41.1 Å². The number of carbonyl (C=O) groups is 1. The topological polar surface area (TPSA) is 46.3 Å². The number of carbonyl (C=O) groups excluding carboxylic acids is 1. The Hall–Kier alpha value is -1.94. The molecule has 2 aromatic rings. The number of rotatable bonds is 6. The molecule has 0 N–H and O–H groups in total. The van der Waals surface area contributed by atoms with Gasteiger partial charge in [-0.05, 0) is 32.4 Å². The molecule has 3 rings (SSSR count). The smallest absolute Gasteiger partial charge is 0.172 e. The average molecular weight is 298 g/mol. The molecule has 1 atom stereocenters. The fourth-order valence-electron chi connectivity index (χ4n) is 3.11. The van der Waals surface area contributed by atoms with Crippen LogP contribution >= 0.6 is 0 Å². The molecule has 2 heterocycles. The lowest BCUT2D eigenvalue weighted by atomic mass is 9.93. The molecule has 1 unspecified atom stereocenters. The van der Waals surface area contributed by atoms with Gasteiger partial charge in [-0.15, -0.1) is 0 Å². The van der Waals surface area contributed by atoms with Gasteiger partial charge in [0.2, 0.25) is 0 Å². The van der Waals surface area contributed by atoms with Crippen molar-refractivity contribution in [3.8, 4) is 11.3 Å². The third-order valence-corrected chi connectivity index (χ3v) is 4.42. The molecule has 0 bridgehead atoms. The van der Waals surface area contributed by atoms with Crippen LogP contribution in [0, 0.1) is 5.92 Å². The van der Waals surface area contributed by atoms with E-state index in [0.717, 1.165) is 31.6 Å². The Morgan fingerprint density at radius 3 is 2.68 bits per heavy atom. The standard InChI is InChI=1S/C18H22N2O2/c1-2-14(12-20-10-6-7-11-20)18(21)16-13-22-19-17(16)15-8-4-3-5-9-15/h3-5,8-9,13-14H,2,6-7,10-12H2,1H3. The van der Waals surface area contributed by atoms with Crippen molar-refractivity contribution in [2.75, 3.05) is 19.6 Å². The molecule has 1 aromatic carbocycles. The third kappa shape index (κ3) is 3.12. The van der Waals surface area contributed by atoms with Crippen molar-refractivity contribution < 1.29 is 9.32 Å². The van der Waals surface area contributed by atoms with E-state index in [1.54, 1.807) is 0 Å². The molecule has 0 radical (unpaired) electrons. The van der Waals surface area contributed by atoms with E-state index >= 15 is 0 Å². The van der Waals surface area contributed by atoms with Gasteiger partial charge in [-0.25, -0.2) is 0 Å². The minimum atomic E-state index is 0.0139. The Kier molecular flexibility index (Phi) is 4.68. The highest BCUT2D eigenvalue weighted by atomic mass is 16.5. The van der Waals surface area contributed by atoms with E-state index in [2.05, 4.69) is 17.0 Å². The van der Waals surface area contributed by atoms with Gasteiger partial charge in [-0.2, -0.15) is 0 Å². The second-order valence-electron chi connectivity index (χ2n) is 5.92. The highest BCUT2D eigenvalue weighted by Gasteiger charge is 2.27. The van der Waals surface area contributed by atoms with Crippen molar-refractivity contribution in [1.82, 2.24) is 10.1 Å². The number of nitrogens with zero attached hydrogens (tertiary/aromatic N) is 2. The molecule has 0 aliphatic carbocycles. The van der Waals surface area contributed by atoms with Crippen LogP contribution in [0.1, 0.15) is 36.5 Å². The largest absolute Gasteiger partial charge is 0.363 e. The molecule has 1 aromatic heterocycles. The van der Waals surface area contributed by atoms with E-state index in [1.165, 1.54) is 19.1 Å². The molecule has 1 fully saturated rings. The van der Waals surface area contributed by atoms with Crippen LogP contribution in [0.25, 0.3) is 11.3 Å². The van der Waals surface area contributed by atoms with E-state index in [9.17, 15) is 4.79 Å². The molecule has 4 heteroatoms. The van der Waals surface area contributed by atoms with Gasteiger partial charge < -0.3 is 9.42 Å². The first-order valence-electron chi connectivity index (χ1n) is 8.06. The molecule has 0 spiro atoms. The summed E-state index contributed by atoms with van der Waals surface area (Å²) < 4.78 is 5.10. The van der Waals surface area contributed by atoms with Crippen LogP contribution < -0.4 is 0 Å². The first kappa shape index (κ1) is 15.0. The third-order valence-electron chi connectivity index (χ3n) is 4.42. The molecule has 22 heavy (non-hydrogen) atoms. The molecular weight excluding hydrogens is 276 g/mol. The first-order valence-corrected chi connectivity index (χ1v) is 8.06. The van der Waals surface area contributed by atoms with Crippen molar-refractivity contribution in [2.45, 2.75) is 26.2 Å². The maximum absolute atomic E-state index is 12.9. The first-order chi connectivity index (χ1) is 10.8. The van der Waals surface area contributed by atoms with Crippen molar-refractivity contribution in [1.29, 1.82) is 0 Å². The summed E-state index contributed by atoms with van der Waals surface area (Å²) in [6.07, 6.45) is 4.83. The predicted molar refractivity (Wildman–Crippen MR) is 85.7 cm³/mol. The van der Waals surface area contributed by atoms with Gasteiger partial charge in [0.05, 0.1) is 5.56 Å². The van der Waals surface area contributed by atoms with Crippen LogP contribution in [0.5, 0.6) is 0 Å². The normalized spacial score (nSPS) is 16.8. The maximum atomic E-state index is 12.9. The number of ketones is 1. The lowest BCUT2D eigenvalue weighted by Crippen LogP contribution is -2.31. The number of hydrogen-bond acceptors (Lipinski definition) is 4. The summed E-state index contributed by atoms with van der Waals surface area (Å²) in [5.41, 5.74) is 2.19. The van der Waals surface area contributed by atoms with Gasteiger partial charge in [-0.3, -0.25) is 4.79 Å². The highest BCUT2D eigenvalue weighted by molar-refractivity contribution is 6.02. The maximum Gasteiger partial charge on any atom is 0.172 e.